The first-order chi connectivity index (χ1) is 33.7. The summed E-state index contributed by atoms with van der Waals surface area (Å²) in [6, 6.07) is 84.0. The predicted octanol–water partition coefficient (Wildman–Crippen LogP) is 19.1. The number of rotatable bonds is 4. The van der Waals surface area contributed by atoms with Crippen LogP contribution in [0.5, 0.6) is 0 Å². The molecule has 15 rings (SSSR count). The summed E-state index contributed by atoms with van der Waals surface area (Å²) in [5, 5.41) is 19.1. The van der Waals surface area contributed by atoms with Crippen LogP contribution in [0, 0.1) is 0 Å². The van der Waals surface area contributed by atoms with E-state index in [9.17, 15) is 0 Å². The number of benzene rings is 13. The van der Waals surface area contributed by atoms with Crippen LogP contribution >= 0.6 is 0 Å². The molecule has 0 saturated heterocycles. The summed E-state index contributed by atoms with van der Waals surface area (Å²) >= 11 is 0. The molecule has 68 heavy (non-hydrogen) atoms. The maximum Gasteiger partial charge on any atom is 0.143 e. The molecule has 2 nitrogen and oxygen atoms in total. The van der Waals surface area contributed by atoms with E-state index in [1.807, 2.05) is 0 Å². The third-order valence-corrected chi connectivity index (χ3v) is 14.6. The van der Waals surface area contributed by atoms with Crippen LogP contribution in [0.1, 0.15) is 0 Å². The van der Waals surface area contributed by atoms with Gasteiger partial charge in [0.1, 0.15) is 22.3 Å². The Hall–Kier alpha value is -8.98. The van der Waals surface area contributed by atoms with Crippen molar-refractivity contribution in [2.45, 2.75) is 0 Å². The van der Waals surface area contributed by atoms with Gasteiger partial charge in [-0.05, 0) is 134 Å². The Morgan fingerprint density at radius 1 is 0.221 bits per heavy atom. The van der Waals surface area contributed by atoms with Crippen LogP contribution in [0.15, 0.2) is 239 Å². The van der Waals surface area contributed by atoms with Gasteiger partial charge in [0.15, 0.2) is 0 Å². The number of hydrogen-bond acceptors (Lipinski definition) is 2. The molecule has 0 N–H and O–H groups in total. The highest BCUT2D eigenvalue weighted by atomic mass is 16.3. The van der Waals surface area contributed by atoms with Gasteiger partial charge >= 0.3 is 0 Å². The second-order valence-corrected chi connectivity index (χ2v) is 18.3. The topological polar surface area (TPSA) is 26.3 Å². The van der Waals surface area contributed by atoms with E-state index < -0.39 is 0 Å². The van der Waals surface area contributed by atoms with Crippen molar-refractivity contribution in [1.29, 1.82) is 0 Å². The van der Waals surface area contributed by atoms with Crippen molar-refractivity contribution in [3.05, 3.63) is 231 Å². The average Bonchev–Trinajstić information content (AvgIpc) is 3.97. The van der Waals surface area contributed by atoms with Crippen molar-refractivity contribution in [2.75, 3.05) is 0 Å². The molecule has 15 aromatic rings. The van der Waals surface area contributed by atoms with Gasteiger partial charge in [-0.1, -0.05) is 194 Å². The van der Waals surface area contributed by atoms with Gasteiger partial charge in [-0.15, -0.1) is 0 Å². The fourth-order valence-electron chi connectivity index (χ4n) is 11.4. The van der Waals surface area contributed by atoms with Crippen LogP contribution < -0.4 is 0 Å². The Bertz CT molecular complexity index is 4230. The molecule has 0 saturated carbocycles. The van der Waals surface area contributed by atoms with Crippen molar-refractivity contribution in [3.8, 4) is 44.5 Å². The van der Waals surface area contributed by atoms with E-state index in [4.69, 9.17) is 8.83 Å². The van der Waals surface area contributed by atoms with Crippen LogP contribution in [0.2, 0.25) is 0 Å². The molecule has 2 heteroatoms. The van der Waals surface area contributed by atoms with Crippen molar-refractivity contribution in [1.82, 2.24) is 0 Å². The molecule has 314 valence electrons. The minimum atomic E-state index is 0.909. The normalized spacial score (nSPS) is 12.1. The number of hydrogen-bond donors (Lipinski definition) is 0. The summed E-state index contributed by atoms with van der Waals surface area (Å²) in [7, 11) is 0. The lowest BCUT2D eigenvalue weighted by Gasteiger charge is -2.18. The first-order valence-electron chi connectivity index (χ1n) is 23.4. The smallest absolute Gasteiger partial charge is 0.143 e. The van der Waals surface area contributed by atoms with E-state index >= 15 is 0 Å². The maximum atomic E-state index is 6.83. The highest BCUT2D eigenvalue weighted by Gasteiger charge is 2.21. The molecule has 0 atom stereocenters. The van der Waals surface area contributed by atoms with Crippen molar-refractivity contribution in [2.24, 2.45) is 0 Å². The standard InChI is InChI=1S/C66H38O2/c1-3-15-45-37-59-57(33-43(45)13-1)63-49-19-7-5-17-47(49)35-55(65(63)67-59)39-25-29-41(30-26-39)61-51-21-9-11-23-53(51)62(54-24-12-10-22-52(54)61)42-31-27-40(28-32-42)56-36-48-18-6-8-20-50(48)64-58-34-44-14-2-4-16-46(44)38-60(58)68-66(56)64/h1-38H. The molecule has 0 amide bonds. The first-order valence-corrected chi connectivity index (χ1v) is 23.4. The van der Waals surface area contributed by atoms with Gasteiger partial charge in [-0.25, -0.2) is 0 Å². The second-order valence-electron chi connectivity index (χ2n) is 18.3. The van der Waals surface area contributed by atoms with E-state index in [1.165, 1.54) is 86.9 Å². The zero-order chi connectivity index (χ0) is 44.5. The molecule has 2 aromatic heterocycles. The zero-order valence-corrected chi connectivity index (χ0v) is 36.8. The molecule has 0 spiro atoms. The van der Waals surface area contributed by atoms with Crippen LogP contribution in [0.4, 0.5) is 0 Å². The van der Waals surface area contributed by atoms with Gasteiger partial charge in [0.2, 0.25) is 0 Å². The minimum absolute atomic E-state index is 0.909. The van der Waals surface area contributed by atoms with Crippen molar-refractivity contribution in [3.63, 3.8) is 0 Å². The van der Waals surface area contributed by atoms with Crippen LogP contribution in [-0.2, 0) is 0 Å². The summed E-state index contributed by atoms with van der Waals surface area (Å²) in [4.78, 5) is 0. The van der Waals surface area contributed by atoms with Crippen LogP contribution in [0.25, 0.3) is 153 Å². The fourth-order valence-corrected chi connectivity index (χ4v) is 11.4. The highest BCUT2D eigenvalue weighted by Crippen LogP contribution is 2.47. The van der Waals surface area contributed by atoms with E-state index in [0.717, 1.165) is 66.1 Å². The molecule has 0 unspecified atom stereocenters. The number of fused-ring (bicyclic) bond motifs is 14. The predicted molar refractivity (Wildman–Crippen MR) is 288 cm³/mol. The molecular formula is C66H38O2. The van der Waals surface area contributed by atoms with E-state index in [-0.39, 0.29) is 0 Å². The Balaban J connectivity index is 0.869. The van der Waals surface area contributed by atoms with Gasteiger partial charge in [-0.2, -0.15) is 0 Å². The molecule has 0 radical (unpaired) electrons. The zero-order valence-electron chi connectivity index (χ0n) is 36.8. The number of furan rings is 2. The van der Waals surface area contributed by atoms with Crippen molar-refractivity contribution < 1.29 is 8.83 Å². The Labute approximate surface area is 390 Å². The summed E-state index contributed by atoms with van der Waals surface area (Å²) in [6.45, 7) is 0. The van der Waals surface area contributed by atoms with Gasteiger partial charge in [0.05, 0.1) is 0 Å². The molecule has 0 bridgehead atoms. The van der Waals surface area contributed by atoms with Crippen molar-refractivity contribution >= 4 is 109 Å². The lowest BCUT2D eigenvalue weighted by Crippen LogP contribution is -1.91. The Morgan fingerprint density at radius 2 is 0.515 bits per heavy atom. The minimum Gasteiger partial charge on any atom is -0.455 e. The summed E-state index contributed by atoms with van der Waals surface area (Å²) in [6.07, 6.45) is 0. The van der Waals surface area contributed by atoms with E-state index in [2.05, 4.69) is 231 Å². The molecule has 13 aromatic carbocycles. The Morgan fingerprint density at radius 3 is 0.882 bits per heavy atom. The summed E-state index contributed by atoms with van der Waals surface area (Å²) < 4.78 is 13.7. The van der Waals surface area contributed by atoms with Crippen LogP contribution in [0.3, 0.4) is 0 Å². The fraction of sp³-hybridized carbons (Fsp3) is 0. The first kappa shape index (κ1) is 37.3. The molecule has 0 aliphatic rings. The second kappa shape index (κ2) is 14.3. The summed E-state index contributed by atoms with van der Waals surface area (Å²) in [5.41, 5.74) is 12.9. The van der Waals surface area contributed by atoms with Gasteiger partial charge in [0.25, 0.3) is 0 Å². The van der Waals surface area contributed by atoms with Gasteiger partial charge < -0.3 is 8.83 Å². The maximum absolute atomic E-state index is 6.83. The SMILES string of the molecule is c1ccc2cc3c(cc2c1)oc1c(-c2ccc(-c4c5ccccc5c(-c5ccc(-c6cc7ccccc7c7c6oc6cc8ccccc8cc67)cc5)c5ccccc45)cc2)cc2ccccc2c13. The van der Waals surface area contributed by atoms with Crippen LogP contribution in [-0.4, -0.2) is 0 Å². The quantitative estimate of drug-likeness (QED) is 0.165. The van der Waals surface area contributed by atoms with Gasteiger partial charge in [-0.3, -0.25) is 0 Å². The third kappa shape index (κ3) is 5.46. The van der Waals surface area contributed by atoms with E-state index in [1.54, 1.807) is 0 Å². The molecule has 2 heterocycles. The monoisotopic (exact) mass is 862 g/mol. The summed E-state index contributed by atoms with van der Waals surface area (Å²) in [5.74, 6) is 0. The lowest BCUT2D eigenvalue weighted by atomic mass is 9.85. The highest BCUT2D eigenvalue weighted by molar-refractivity contribution is 6.26. The molecular weight excluding hydrogens is 825 g/mol. The van der Waals surface area contributed by atoms with Gasteiger partial charge in [0, 0.05) is 32.7 Å². The van der Waals surface area contributed by atoms with E-state index in [0.29, 0.717) is 0 Å². The average molecular weight is 863 g/mol. The lowest BCUT2D eigenvalue weighted by molar-refractivity contribution is 0.670. The molecule has 0 aliphatic heterocycles. The molecule has 0 fully saturated rings. The largest absolute Gasteiger partial charge is 0.455 e. The Kier molecular flexibility index (Phi) is 7.81. The third-order valence-electron chi connectivity index (χ3n) is 14.6. The molecule has 0 aliphatic carbocycles.